The fourth-order valence-electron chi connectivity index (χ4n) is 1.22. The highest BCUT2D eigenvalue weighted by Crippen LogP contribution is 2.19. The van der Waals surface area contributed by atoms with E-state index < -0.39 is 16.1 Å². The van der Waals surface area contributed by atoms with Gasteiger partial charge in [-0.25, -0.2) is 13.1 Å². The van der Waals surface area contributed by atoms with Crippen molar-refractivity contribution in [1.29, 1.82) is 0 Å². The van der Waals surface area contributed by atoms with Crippen LogP contribution in [0.3, 0.4) is 0 Å². The third-order valence-electron chi connectivity index (χ3n) is 2.00. The van der Waals surface area contributed by atoms with Gasteiger partial charge < -0.3 is 5.11 Å². The average molecular weight is 264 g/mol. The normalized spacial score (nSPS) is 13.8. The molecule has 1 aromatic carbocycles. The van der Waals surface area contributed by atoms with Crippen LogP contribution < -0.4 is 4.72 Å². The highest BCUT2D eigenvalue weighted by atomic mass is 35.5. The van der Waals surface area contributed by atoms with Gasteiger partial charge in [-0.2, -0.15) is 0 Å². The molecule has 0 heterocycles. The Balaban J connectivity index is 2.99. The van der Waals surface area contributed by atoms with Gasteiger partial charge in [-0.05, 0) is 37.6 Å². The Kier molecular flexibility index (Phi) is 4.32. The number of nitrogens with one attached hydrogen (secondary N) is 1. The Labute approximate surface area is 100 Å². The van der Waals surface area contributed by atoms with Gasteiger partial charge in [0.25, 0.3) is 0 Å². The summed E-state index contributed by atoms with van der Waals surface area (Å²) in [5.41, 5.74) is 0.575. The van der Waals surface area contributed by atoms with E-state index in [1.54, 1.807) is 13.0 Å². The third kappa shape index (κ3) is 3.45. The van der Waals surface area contributed by atoms with Crippen molar-refractivity contribution in [3.05, 3.63) is 28.8 Å². The molecule has 0 saturated carbocycles. The van der Waals surface area contributed by atoms with Crippen LogP contribution in [-0.2, 0) is 10.0 Å². The molecule has 0 radical (unpaired) electrons. The van der Waals surface area contributed by atoms with E-state index >= 15 is 0 Å². The Morgan fingerprint density at radius 3 is 2.62 bits per heavy atom. The minimum absolute atomic E-state index is 0.00952. The highest BCUT2D eigenvalue weighted by Gasteiger charge is 2.16. The van der Waals surface area contributed by atoms with Crippen molar-refractivity contribution in [3.8, 4) is 0 Å². The Hall–Kier alpha value is -0.620. The first-order valence-electron chi connectivity index (χ1n) is 4.77. The van der Waals surface area contributed by atoms with Crippen LogP contribution >= 0.6 is 11.6 Å². The van der Waals surface area contributed by atoms with E-state index in [0.717, 1.165) is 0 Å². The molecule has 2 N–H and O–H groups in total. The van der Waals surface area contributed by atoms with E-state index in [0.29, 0.717) is 10.6 Å². The predicted octanol–water partition coefficient (Wildman–Crippen LogP) is 1.31. The van der Waals surface area contributed by atoms with E-state index in [1.165, 1.54) is 19.1 Å². The largest absolute Gasteiger partial charge is 0.392 e. The van der Waals surface area contributed by atoms with Crippen LogP contribution in [0.5, 0.6) is 0 Å². The maximum absolute atomic E-state index is 11.8. The topological polar surface area (TPSA) is 66.4 Å². The van der Waals surface area contributed by atoms with Crippen molar-refractivity contribution in [2.45, 2.75) is 24.8 Å². The molecule has 0 spiro atoms. The number of hydrogen-bond acceptors (Lipinski definition) is 3. The smallest absolute Gasteiger partial charge is 0.240 e. The molecular formula is C10H14ClNO3S. The number of rotatable bonds is 4. The predicted molar refractivity (Wildman–Crippen MR) is 63.1 cm³/mol. The van der Waals surface area contributed by atoms with Gasteiger partial charge in [-0.3, -0.25) is 0 Å². The maximum atomic E-state index is 11.8. The van der Waals surface area contributed by atoms with Crippen molar-refractivity contribution in [1.82, 2.24) is 4.72 Å². The highest BCUT2D eigenvalue weighted by molar-refractivity contribution is 7.89. The van der Waals surface area contributed by atoms with Crippen LogP contribution in [0.15, 0.2) is 23.1 Å². The molecule has 0 bridgehead atoms. The first kappa shape index (κ1) is 13.4. The molecule has 1 unspecified atom stereocenters. The van der Waals surface area contributed by atoms with Crippen molar-refractivity contribution in [3.63, 3.8) is 0 Å². The average Bonchev–Trinajstić information content (AvgIpc) is 2.14. The Morgan fingerprint density at radius 2 is 2.12 bits per heavy atom. The van der Waals surface area contributed by atoms with Crippen LogP contribution in [-0.4, -0.2) is 26.2 Å². The number of aryl methyl sites for hydroxylation is 1. The molecule has 1 atom stereocenters. The zero-order valence-electron chi connectivity index (χ0n) is 9.07. The third-order valence-corrected chi connectivity index (χ3v) is 3.81. The van der Waals surface area contributed by atoms with E-state index in [-0.39, 0.29) is 11.4 Å². The molecule has 0 aliphatic rings. The molecule has 0 fully saturated rings. The monoisotopic (exact) mass is 263 g/mol. The first-order valence-corrected chi connectivity index (χ1v) is 6.63. The van der Waals surface area contributed by atoms with Crippen LogP contribution in [0.4, 0.5) is 0 Å². The summed E-state index contributed by atoms with van der Waals surface area (Å²) in [6.07, 6.45) is -0.720. The zero-order chi connectivity index (χ0) is 12.3. The van der Waals surface area contributed by atoms with Gasteiger partial charge in [0.2, 0.25) is 10.0 Å². The summed E-state index contributed by atoms with van der Waals surface area (Å²) in [6, 6.07) is 4.55. The van der Waals surface area contributed by atoms with E-state index in [4.69, 9.17) is 16.7 Å². The second-order valence-corrected chi connectivity index (χ2v) is 5.78. The molecule has 90 valence electrons. The van der Waals surface area contributed by atoms with Crippen molar-refractivity contribution < 1.29 is 13.5 Å². The molecule has 0 aliphatic carbocycles. The van der Waals surface area contributed by atoms with Gasteiger partial charge in [0.15, 0.2) is 0 Å². The SMILES string of the molecule is Cc1cc(Cl)ccc1S(=O)(=O)NCC(C)O. The molecular weight excluding hydrogens is 250 g/mol. The second-order valence-electron chi connectivity index (χ2n) is 3.61. The summed E-state index contributed by atoms with van der Waals surface area (Å²) in [5.74, 6) is 0. The number of aliphatic hydroxyl groups is 1. The van der Waals surface area contributed by atoms with Gasteiger partial charge in [0.1, 0.15) is 0 Å². The lowest BCUT2D eigenvalue weighted by molar-refractivity contribution is 0.198. The number of aliphatic hydroxyl groups excluding tert-OH is 1. The van der Waals surface area contributed by atoms with Crippen LogP contribution in [0.25, 0.3) is 0 Å². The summed E-state index contributed by atoms with van der Waals surface area (Å²) in [5, 5.41) is 9.52. The van der Waals surface area contributed by atoms with E-state index in [1.807, 2.05) is 0 Å². The number of sulfonamides is 1. The molecule has 0 amide bonds. The van der Waals surface area contributed by atoms with Gasteiger partial charge >= 0.3 is 0 Å². The van der Waals surface area contributed by atoms with E-state index in [2.05, 4.69) is 4.72 Å². The van der Waals surface area contributed by atoms with Crippen molar-refractivity contribution in [2.24, 2.45) is 0 Å². The molecule has 4 nitrogen and oxygen atoms in total. The molecule has 1 aromatic rings. The van der Waals surface area contributed by atoms with Gasteiger partial charge in [0.05, 0.1) is 11.0 Å². The maximum Gasteiger partial charge on any atom is 0.240 e. The number of benzene rings is 1. The lowest BCUT2D eigenvalue weighted by atomic mass is 10.2. The van der Waals surface area contributed by atoms with Crippen LogP contribution in [0.1, 0.15) is 12.5 Å². The standard InChI is InChI=1S/C10H14ClNO3S/c1-7-5-9(11)3-4-10(7)16(14,15)12-6-8(2)13/h3-5,8,12-13H,6H2,1-2H3. The first-order chi connectivity index (χ1) is 7.33. The number of hydrogen-bond donors (Lipinski definition) is 2. The van der Waals surface area contributed by atoms with Gasteiger partial charge in [-0.15, -0.1) is 0 Å². The fourth-order valence-corrected chi connectivity index (χ4v) is 2.80. The summed E-state index contributed by atoms with van der Waals surface area (Å²) in [4.78, 5) is 0.178. The fraction of sp³-hybridized carbons (Fsp3) is 0.400. The summed E-state index contributed by atoms with van der Waals surface area (Å²) >= 11 is 5.74. The Bertz CT molecular complexity index is 471. The van der Waals surface area contributed by atoms with Gasteiger partial charge in [-0.1, -0.05) is 11.6 Å². The van der Waals surface area contributed by atoms with Crippen LogP contribution in [0, 0.1) is 6.92 Å². The lowest BCUT2D eigenvalue weighted by Crippen LogP contribution is -2.31. The van der Waals surface area contributed by atoms with Crippen LogP contribution in [0.2, 0.25) is 5.02 Å². The summed E-state index contributed by atoms with van der Waals surface area (Å²) in [7, 11) is -3.57. The lowest BCUT2D eigenvalue weighted by Gasteiger charge is -2.10. The van der Waals surface area contributed by atoms with E-state index in [9.17, 15) is 8.42 Å². The summed E-state index contributed by atoms with van der Waals surface area (Å²) < 4.78 is 25.9. The zero-order valence-corrected chi connectivity index (χ0v) is 10.6. The molecule has 16 heavy (non-hydrogen) atoms. The minimum atomic E-state index is -3.57. The second kappa shape index (κ2) is 5.14. The molecule has 6 heteroatoms. The summed E-state index contributed by atoms with van der Waals surface area (Å²) in [6.45, 7) is 3.17. The molecule has 0 saturated heterocycles. The van der Waals surface area contributed by atoms with Crippen molar-refractivity contribution in [2.75, 3.05) is 6.54 Å². The van der Waals surface area contributed by atoms with Gasteiger partial charge in [0, 0.05) is 11.6 Å². The van der Waals surface area contributed by atoms with Crippen molar-refractivity contribution >= 4 is 21.6 Å². The quantitative estimate of drug-likeness (QED) is 0.861. The molecule has 1 rings (SSSR count). The molecule has 0 aliphatic heterocycles. The Morgan fingerprint density at radius 1 is 1.50 bits per heavy atom. The minimum Gasteiger partial charge on any atom is -0.392 e. The number of halogens is 1. The molecule has 0 aromatic heterocycles.